The van der Waals surface area contributed by atoms with Gasteiger partial charge >= 0.3 is 0 Å². The Morgan fingerprint density at radius 3 is 2.79 bits per heavy atom. The first kappa shape index (κ1) is 17.0. The molecule has 1 aliphatic heterocycles. The number of amides is 2. The minimum Gasteiger partial charge on any atom is -0.356 e. The number of carbonyl (C=O) groups excluding carboxylic acids is 2. The van der Waals surface area contributed by atoms with Gasteiger partial charge in [0.25, 0.3) is 5.91 Å². The summed E-state index contributed by atoms with van der Waals surface area (Å²) in [5, 5.41) is 5.44. The van der Waals surface area contributed by atoms with Crippen LogP contribution in [0.2, 0.25) is 5.02 Å². The van der Waals surface area contributed by atoms with Gasteiger partial charge in [0.1, 0.15) is 6.61 Å². The van der Waals surface area contributed by atoms with Crippen LogP contribution in [0.5, 0.6) is 0 Å². The monoisotopic (exact) mass is 364 g/mol. The lowest BCUT2D eigenvalue weighted by molar-refractivity contribution is -0.162. The summed E-state index contributed by atoms with van der Waals surface area (Å²) in [6.07, 6.45) is -0.756. The molecule has 3 rings (SSSR count). The van der Waals surface area contributed by atoms with Crippen molar-refractivity contribution in [3.63, 3.8) is 0 Å². The highest BCUT2D eigenvalue weighted by molar-refractivity contribution is 7.09. The maximum Gasteiger partial charge on any atom is 0.251 e. The van der Waals surface area contributed by atoms with E-state index < -0.39 is 12.1 Å². The molecule has 0 radical (unpaired) electrons. The van der Waals surface area contributed by atoms with Crippen LogP contribution in [-0.2, 0) is 20.9 Å². The standard InChI is InChI=1S/C17H17ClN2O3S/c1-20-14(21)10-23-16(15(20)11-4-6-12(18)7-5-11)17(22)19-9-13-3-2-8-24-13/h2-8,15-16H,9-10H2,1H3,(H,19,22)/t15-,16+/m1/s1. The van der Waals surface area contributed by atoms with Gasteiger partial charge in [0, 0.05) is 16.9 Å². The molecule has 0 spiro atoms. The topological polar surface area (TPSA) is 58.6 Å². The molecule has 2 aromatic rings. The molecule has 1 aromatic carbocycles. The van der Waals surface area contributed by atoms with E-state index >= 15 is 0 Å². The van der Waals surface area contributed by atoms with Crippen LogP contribution in [0.3, 0.4) is 0 Å². The Hall–Kier alpha value is -1.89. The molecule has 2 amide bonds. The lowest BCUT2D eigenvalue weighted by Gasteiger charge is -2.38. The zero-order valence-electron chi connectivity index (χ0n) is 13.1. The maximum absolute atomic E-state index is 12.6. The van der Waals surface area contributed by atoms with Crippen LogP contribution >= 0.6 is 22.9 Å². The number of hydrogen-bond acceptors (Lipinski definition) is 4. The summed E-state index contributed by atoms with van der Waals surface area (Å²) in [6.45, 7) is 0.346. The highest BCUT2D eigenvalue weighted by Gasteiger charge is 2.39. The van der Waals surface area contributed by atoms with E-state index in [0.717, 1.165) is 10.4 Å². The van der Waals surface area contributed by atoms with Gasteiger partial charge in [-0.3, -0.25) is 9.59 Å². The second-order valence-electron chi connectivity index (χ2n) is 5.53. The van der Waals surface area contributed by atoms with Gasteiger partial charge in [-0.25, -0.2) is 0 Å². The Morgan fingerprint density at radius 2 is 2.12 bits per heavy atom. The predicted octanol–water partition coefficient (Wildman–Crippen LogP) is 2.62. The molecule has 24 heavy (non-hydrogen) atoms. The molecule has 1 N–H and O–H groups in total. The van der Waals surface area contributed by atoms with Crippen LogP contribution < -0.4 is 5.32 Å². The van der Waals surface area contributed by atoms with E-state index in [4.69, 9.17) is 16.3 Å². The summed E-state index contributed by atoms with van der Waals surface area (Å²) in [5.41, 5.74) is 0.811. The molecule has 0 bridgehead atoms. The van der Waals surface area contributed by atoms with Crippen molar-refractivity contribution in [2.75, 3.05) is 13.7 Å². The second-order valence-corrected chi connectivity index (χ2v) is 7.00. The minimum atomic E-state index is -0.756. The Bertz CT molecular complexity index is 718. The fourth-order valence-electron chi connectivity index (χ4n) is 2.68. The third kappa shape index (κ3) is 3.61. The zero-order valence-corrected chi connectivity index (χ0v) is 14.6. The van der Waals surface area contributed by atoms with E-state index in [0.29, 0.717) is 11.6 Å². The van der Waals surface area contributed by atoms with Crippen molar-refractivity contribution < 1.29 is 14.3 Å². The van der Waals surface area contributed by atoms with Crippen molar-refractivity contribution in [1.29, 1.82) is 0 Å². The van der Waals surface area contributed by atoms with Crippen LogP contribution in [-0.4, -0.2) is 36.5 Å². The summed E-state index contributed by atoms with van der Waals surface area (Å²) >= 11 is 7.51. The smallest absolute Gasteiger partial charge is 0.251 e. The van der Waals surface area contributed by atoms with E-state index in [1.54, 1.807) is 35.4 Å². The minimum absolute atomic E-state index is 0.0995. The number of carbonyl (C=O) groups is 2. The van der Waals surface area contributed by atoms with Crippen LogP contribution in [0.25, 0.3) is 0 Å². The first-order chi connectivity index (χ1) is 11.6. The molecule has 1 saturated heterocycles. The molecule has 5 nitrogen and oxygen atoms in total. The molecule has 1 aliphatic rings. The lowest BCUT2D eigenvalue weighted by Crippen LogP contribution is -2.52. The van der Waals surface area contributed by atoms with Crippen molar-refractivity contribution in [1.82, 2.24) is 10.2 Å². The van der Waals surface area contributed by atoms with Crippen molar-refractivity contribution in [2.24, 2.45) is 0 Å². The number of thiophene rings is 1. The van der Waals surface area contributed by atoms with Gasteiger partial charge < -0.3 is 15.0 Å². The maximum atomic E-state index is 12.6. The van der Waals surface area contributed by atoms with Gasteiger partial charge in [-0.05, 0) is 29.1 Å². The largest absolute Gasteiger partial charge is 0.356 e. The van der Waals surface area contributed by atoms with Crippen molar-refractivity contribution in [2.45, 2.75) is 18.7 Å². The number of hydrogen-bond donors (Lipinski definition) is 1. The Labute approximate surface area is 149 Å². The lowest BCUT2D eigenvalue weighted by atomic mass is 9.97. The third-order valence-electron chi connectivity index (χ3n) is 3.97. The summed E-state index contributed by atoms with van der Waals surface area (Å²) in [4.78, 5) is 27.2. The number of nitrogens with one attached hydrogen (secondary N) is 1. The van der Waals surface area contributed by atoms with Crippen molar-refractivity contribution in [3.05, 3.63) is 57.2 Å². The number of benzene rings is 1. The fraction of sp³-hybridized carbons (Fsp3) is 0.294. The number of ether oxygens (including phenoxy) is 1. The Morgan fingerprint density at radius 1 is 1.38 bits per heavy atom. The highest BCUT2D eigenvalue weighted by Crippen LogP contribution is 2.30. The van der Waals surface area contributed by atoms with Gasteiger partial charge in [-0.2, -0.15) is 0 Å². The quantitative estimate of drug-likeness (QED) is 0.907. The number of nitrogens with zero attached hydrogens (tertiary/aromatic N) is 1. The van der Waals surface area contributed by atoms with E-state index in [1.807, 2.05) is 29.6 Å². The van der Waals surface area contributed by atoms with Crippen LogP contribution in [0.15, 0.2) is 41.8 Å². The molecule has 2 atom stereocenters. The van der Waals surface area contributed by atoms with Crippen LogP contribution in [0.4, 0.5) is 0 Å². The summed E-state index contributed by atoms with van der Waals surface area (Å²) < 4.78 is 5.56. The molecule has 1 aromatic heterocycles. The van der Waals surface area contributed by atoms with Gasteiger partial charge in [-0.15, -0.1) is 11.3 Å². The Kier molecular flexibility index (Phi) is 5.18. The Balaban J connectivity index is 1.79. The van der Waals surface area contributed by atoms with Crippen molar-refractivity contribution >= 4 is 34.8 Å². The normalized spacial score (nSPS) is 20.9. The molecule has 126 valence electrons. The summed E-state index contributed by atoms with van der Waals surface area (Å²) in [7, 11) is 1.68. The second kappa shape index (κ2) is 7.34. The van der Waals surface area contributed by atoms with Crippen LogP contribution in [0.1, 0.15) is 16.5 Å². The first-order valence-electron chi connectivity index (χ1n) is 7.49. The molecule has 0 aliphatic carbocycles. The predicted molar refractivity (Wildman–Crippen MR) is 92.9 cm³/mol. The number of likely N-dealkylation sites (N-methyl/N-ethyl adjacent to an activating group) is 1. The van der Waals surface area contributed by atoms with Gasteiger partial charge in [0.05, 0.1) is 12.6 Å². The molecule has 0 unspecified atom stereocenters. The molecular formula is C17H17ClN2O3S. The van der Waals surface area contributed by atoms with E-state index in [1.165, 1.54) is 0 Å². The van der Waals surface area contributed by atoms with E-state index in [-0.39, 0.29) is 18.4 Å². The van der Waals surface area contributed by atoms with E-state index in [9.17, 15) is 9.59 Å². The number of rotatable bonds is 4. The first-order valence-corrected chi connectivity index (χ1v) is 8.75. The number of morpholine rings is 1. The molecule has 1 fully saturated rings. The third-order valence-corrected chi connectivity index (χ3v) is 5.10. The molecule has 7 heteroatoms. The summed E-state index contributed by atoms with van der Waals surface area (Å²) in [5.74, 6) is -0.389. The zero-order chi connectivity index (χ0) is 17.1. The van der Waals surface area contributed by atoms with E-state index in [2.05, 4.69) is 5.32 Å². The summed E-state index contributed by atoms with van der Waals surface area (Å²) in [6, 6.07) is 10.5. The fourth-order valence-corrected chi connectivity index (χ4v) is 3.45. The molecule has 0 saturated carbocycles. The van der Waals surface area contributed by atoms with Gasteiger partial charge in [0.15, 0.2) is 6.10 Å². The number of halogens is 1. The molecular weight excluding hydrogens is 348 g/mol. The van der Waals surface area contributed by atoms with Gasteiger partial charge in [0.2, 0.25) is 5.91 Å². The highest BCUT2D eigenvalue weighted by atomic mass is 35.5. The van der Waals surface area contributed by atoms with Crippen molar-refractivity contribution in [3.8, 4) is 0 Å². The van der Waals surface area contributed by atoms with Crippen LogP contribution in [0, 0.1) is 0 Å². The van der Waals surface area contributed by atoms with Gasteiger partial charge in [-0.1, -0.05) is 29.8 Å². The molecule has 2 heterocycles. The SMILES string of the molecule is CN1C(=O)CO[C@H](C(=O)NCc2cccs2)[C@H]1c1ccc(Cl)cc1. The average Bonchev–Trinajstić information content (AvgIpc) is 3.09. The average molecular weight is 365 g/mol.